The summed E-state index contributed by atoms with van der Waals surface area (Å²) >= 11 is 0. The molecule has 8 nitrogen and oxygen atoms in total. The zero-order valence-electron chi connectivity index (χ0n) is 12.3. The number of likely N-dealkylation sites (tertiary alicyclic amines) is 1. The number of nitrogens with zero attached hydrogens (tertiary/aromatic N) is 1. The Kier molecular flexibility index (Phi) is 6.77. The second kappa shape index (κ2) is 8.33. The number of rotatable bonds is 6. The van der Waals surface area contributed by atoms with E-state index >= 15 is 0 Å². The Morgan fingerprint density at radius 3 is 2.62 bits per heavy atom. The summed E-state index contributed by atoms with van der Waals surface area (Å²) in [7, 11) is 0. The summed E-state index contributed by atoms with van der Waals surface area (Å²) in [5.74, 6) is -0.541. The van der Waals surface area contributed by atoms with Crippen molar-refractivity contribution >= 4 is 18.0 Å². The molecular formula is C13H24N4O4. The number of nitrogens with one attached hydrogen (secondary N) is 2. The lowest BCUT2D eigenvalue weighted by molar-refractivity contribution is -0.138. The number of amides is 4. The van der Waals surface area contributed by atoms with Crippen LogP contribution in [0.25, 0.3) is 0 Å². The Bertz CT molecular complexity index is 388. The molecule has 0 aromatic carbocycles. The smallest absolute Gasteiger partial charge is 0.317 e. The maximum Gasteiger partial charge on any atom is 0.317 e. The van der Waals surface area contributed by atoms with Crippen LogP contribution < -0.4 is 16.4 Å². The first-order chi connectivity index (χ1) is 9.90. The number of piperidine rings is 1. The summed E-state index contributed by atoms with van der Waals surface area (Å²) in [5.41, 5.74) is 4.92. The van der Waals surface area contributed by atoms with Crippen LogP contribution in [0.15, 0.2) is 0 Å². The van der Waals surface area contributed by atoms with Gasteiger partial charge in [-0.15, -0.1) is 0 Å². The minimum atomic E-state index is -0.804. The molecule has 1 aliphatic rings. The fraction of sp³-hybridized carbons (Fsp3) is 0.769. The highest BCUT2D eigenvalue weighted by Gasteiger charge is 2.28. The average molecular weight is 300 g/mol. The largest absolute Gasteiger partial charge is 0.481 e. The lowest BCUT2D eigenvalue weighted by Crippen LogP contribution is -2.48. The number of primary amides is 1. The van der Waals surface area contributed by atoms with Crippen molar-refractivity contribution in [2.45, 2.75) is 26.2 Å². The normalized spacial score (nSPS) is 19.7. The summed E-state index contributed by atoms with van der Waals surface area (Å²) in [4.78, 5) is 34.9. The molecule has 21 heavy (non-hydrogen) atoms. The van der Waals surface area contributed by atoms with Gasteiger partial charge in [0.15, 0.2) is 0 Å². The molecule has 1 aliphatic heterocycles. The monoisotopic (exact) mass is 300 g/mol. The third-order valence-electron chi connectivity index (χ3n) is 3.75. The maximum absolute atomic E-state index is 12.0. The predicted octanol–water partition coefficient (Wildman–Crippen LogP) is 0.187. The van der Waals surface area contributed by atoms with Crippen molar-refractivity contribution in [1.29, 1.82) is 0 Å². The topological polar surface area (TPSA) is 125 Å². The molecule has 4 amide bonds. The van der Waals surface area contributed by atoms with Crippen LogP contribution in [0.3, 0.4) is 0 Å². The van der Waals surface area contributed by atoms with E-state index in [1.807, 2.05) is 6.92 Å². The van der Waals surface area contributed by atoms with E-state index in [2.05, 4.69) is 10.6 Å². The number of aliphatic carboxylic acids is 1. The van der Waals surface area contributed by atoms with Gasteiger partial charge in [-0.05, 0) is 24.7 Å². The lowest BCUT2D eigenvalue weighted by Gasteiger charge is -2.35. The standard InChI is InChI=1S/C13H24N4O4/c1-9(7-11(18)19)10-3-2-6-17(8-10)13(21)16-5-4-15-12(14)20/h9-10H,2-8H2,1H3,(H,16,21)(H,18,19)(H3,14,15,20). The van der Waals surface area contributed by atoms with Crippen LogP contribution in [0.4, 0.5) is 9.59 Å². The molecule has 120 valence electrons. The molecule has 0 spiro atoms. The Hall–Kier alpha value is -1.99. The molecule has 0 bridgehead atoms. The van der Waals surface area contributed by atoms with E-state index in [4.69, 9.17) is 10.8 Å². The fourth-order valence-corrected chi connectivity index (χ4v) is 2.57. The van der Waals surface area contributed by atoms with Crippen LogP contribution in [0, 0.1) is 11.8 Å². The second-order valence-corrected chi connectivity index (χ2v) is 5.45. The van der Waals surface area contributed by atoms with Gasteiger partial charge >= 0.3 is 18.0 Å². The third-order valence-corrected chi connectivity index (χ3v) is 3.75. The van der Waals surface area contributed by atoms with Crippen molar-refractivity contribution in [3.05, 3.63) is 0 Å². The van der Waals surface area contributed by atoms with E-state index in [1.165, 1.54) is 0 Å². The number of carbonyl (C=O) groups excluding carboxylic acids is 2. The fourth-order valence-electron chi connectivity index (χ4n) is 2.57. The average Bonchev–Trinajstić information content (AvgIpc) is 2.42. The first kappa shape index (κ1) is 17.1. The Balaban J connectivity index is 2.35. The van der Waals surface area contributed by atoms with Gasteiger partial charge in [-0.3, -0.25) is 4.79 Å². The van der Waals surface area contributed by atoms with Gasteiger partial charge in [-0.2, -0.15) is 0 Å². The van der Waals surface area contributed by atoms with Crippen molar-refractivity contribution in [2.75, 3.05) is 26.2 Å². The van der Waals surface area contributed by atoms with Gasteiger partial charge in [0, 0.05) is 32.6 Å². The molecule has 5 N–H and O–H groups in total. The van der Waals surface area contributed by atoms with Crippen LogP contribution in [-0.4, -0.2) is 54.2 Å². The highest BCUT2D eigenvalue weighted by atomic mass is 16.4. The van der Waals surface area contributed by atoms with E-state index in [0.717, 1.165) is 12.8 Å². The number of carboxylic acids is 1. The van der Waals surface area contributed by atoms with Gasteiger partial charge in [0.2, 0.25) is 0 Å². The number of carboxylic acid groups (broad SMARTS) is 1. The van der Waals surface area contributed by atoms with Crippen molar-refractivity contribution in [2.24, 2.45) is 17.6 Å². The maximum atomic E-state index is 12.0. The first-order valence-electron chi connectivity index (χ1n) is 7.18. The summed E-state index contributed by atoms with van der Waals surface area (Å²) < 4.78 is 0. The van der Waals surface area contributed by atoms with Crippen LogP contribution >= 0.6 is 0 Å². The van der Waals surface area contributed by atoms with Crippen LogP contribution in [0.5, 0.6) is 0 Å². The Morgan fingerprint density at radius 2 is 2.00 bits per heavy atom. The number of carbonyl (C=O) groups is 3. The van der Waals surface area contributed by atoms with Crippen molar-refractivity contribution in [3.8, 4) is 0 Å². The predicted molar refractivity (Wildman–Crippen MR) is 76.7 cm³/mol. The number of hydrogen-bond acceptors (Lipinski definition) is 3. The molecule has 0 radical (unpaired) electrons. The Labute approximate surface area is 124 Å². The van der Waals surface area contributed by atoms with E-state index in [1.54, 1.807) is 4.90 Å². The summed E-state index contributed by atoms with van der Waals surface area (Å²) in [5, 5.41) is 13.9. The lowest BCUT2D eigenvalue weighted by atomic mass is 9.85. The van der Waals surface area contributed by atoms with E-state index in [9.17, 15) is 14.4 Å². The third kappa shape index (κ3) is 6.33. The number of nitrogens with two attached hydrogens (primary N) is 1. The quantitative estimate of drug-likeness (QED) is 0.522. The molecular weight excluding hydrogens is 276 g/mol. The summed E-state index contributed by atoms with van der Waals surface area (Å²) in [6, 6.07) is -0.807. The van der Waals surface area contributed by atoms with Crippen molar-refractivity contribution in [3.63, 3.8) is 0 Å². The van der Waals surface area contributed by atoms with Gasteiger partial charge in [0.1, 0.15) is 0 Å². The Morgan fingerprint density at radius 1 is 1.33 bits per heavy atom. The van der Waals surface area contributed by atoms with Crippen LogP contribution in [0.1, 0.15) is 26.2 Å². The summed E-state index contributed by atoms with van der Waals surface area (Å²) in [6.07, 6.45) is 1.95. The molecule has 1 fully saturated rings. The van der Waals surface area contributed by atoms with Gasteiger partial charge < -0.3 is 26.4 Å². The minimum absolute atomic E-state index is 0.0506. The van der Waals surface area contributed by atoms with Crippen molar-refractivity contribution < 1.29 is 19.5 Å². The van der Waals surface area contributed by atoms with Crippen LogP contribution in [-0.2, 0) is 4.79 Å². The SMILES string of the molecule is CC(CC(=O)O)C1CCCN(C(=O)NCCNC(N)=O)C1. The second-order valence-electron chi connectivity index (χ2n) is 5.45. The molecule has 8 heteroatoms. The molecule has 0 saturated carbocycles. The molecule has 1 saturated heterocycles. The molecule has 1 heterocycles. The van der Waals surface area contributed by atoms with Gasteiger partial charge in [0.05, 0.1) is 0 Å². The first-order valence-corrected chi connectivity index (χ1v) is 7.18. The van der Waals surface area contributed by atoms with E-state index in [-0.39, 0.29) is 30.8 Å². The van der Waals surface area contributed by atoms with Gasteiger partial charge in [-0.1, -0.05) is 6.92 Å². The van der Waals surface area contributed by atoms with Crippen molar-refractivity contribution in [1.82, 2.24) is 15.5 Å². The van der Waals surface area contributed by atoms with Gasteiger partial charge in [0.25, 0.3) is 0 Å². The number of hydrogen-bond donors (Lipinski definition) is 4. The number of urea groups is 2. The zero-order chi connectivity index (χ0) is 15.8. The molecule has 0 aromatic rings. The molecule has 0 aliphatic carbocycles. The van der Waals surface area contributed by atoms with Crippen LogP contribution in [0.2, 0.25) is 0 Å². The molecule has 2 atom stereocenters. The van der Waals surface area contributed by atoms with E-state index in [0.29, 0.717) is 19.6 Å². The zero-order valence-corrected chi connectivity index (χ0v) is 12.3. The minimum Gasteiger partial charge on any atom is -0.481 e. The molecule has 2 unspecified atom stereocenters. The van der Waals surface area contributed by atoms with E-state index < -0.39 is 12.0 Å². The highest BCUT2D eigenvalue weighted by Crippen LogP contribution is 2.26. The molecule has 1 rings (SSSR count). The van der Waals surface area contributed by atoms with Gasteiger partial charge in [-0.25, -0.2) is 9.59 Å². The summed E-state index contributed by atoms with van der Waals surface area (Å²) in [6.45, 7) is 3.76. The highest BCUT2D eigenvalue weighted by molar-refractivity contribution is 5.74. The molecule has 0 aromatic heterocycles.